The van der Waals surface area contributed by atoms with Crippen LogP contribution in [0.3, 0.4) is 0 Å². The van der Waals surface area contributed by atoms with Crippen LogP contribution in [0.4, 0.5) is 23.2 Å². The van der Waals surface area contributed by atoms with Gasteiger partial charge in [0.25, 0.3) is 0 Å². The van der Waals surface area contributed by atoms with Gasteiger partial charge in [0.2, 0.25) is 0 Å². The van der Waals surface area contributed by atoms with Crippen LogP contribution in [0.15, 0.2) is 16.6 Å². The number of anilines is 1. The van der Waals surface area contributed by atoms with E-state index in [0.29, 0.717) is 16.4 Å². The molecule has 0 radical (unpaired) electrons. The van der Waals surface area contributed by atoms with Crippen molar-refractivity contribution in [2.75, 3.05) is 11.9 Å². The van der Waals surface area contributed by atoms with Crippen molar-refractivity contribution in [2.24, 2.45) is 0 Å². The average molecular weight is 351 g/mol. The minimum absolute atomic E-state index is 0.0376. The van der Waals surface area contributed by atoms with Gasteiger partial charge < -0.3 is 5.32 Å². The molecule has 1 heterocycles. The first-order valence-electron chi connectivity index (χ1n) is 5.86. The molecule has 1 aromatic heterocycles. The summed E-state index contributed by atoms with van der Waals surface area (Å²) in [5.74, 6) is -0.793. The summed E-state index contributed by atoms with van der Waals surface area (Å²) >= 11 is 3.13. The Bertz CT molecular complexity index is 668. The van der Waals surface area contributed by atoms with Crippen LogP contribution in [-0.4, -0.2) is 11.5 Å². The van der Waals surface area contributed by atoms with Crippen LogP contribution in [0, 0.1) is 12.7 Å². The second kappa shape index (κ2) is 5.20. The Hall–Kier alpha value is -1.37. The van der Waals surface area contributed by atoms with Gasteiger partial charge in [0.1, 0.15) is 11.2 Å². The molecule has 0 aliphatic heterocycles. The van der Waals surface area contributed by atoms with Crippen LogP contribution in [0.25, 0.3) is 10.9 Å². The Morgan fingerprint density at radius 2 is 1.95 bits per heavy atom. The summed E-state index contributed by atoms with van der Waals surface area (Å²) in [7, 11) is 0. The molecule has 0 saturated heterocycles. The zero-order valence-electron chi connectivity index (χ0n) is 10.7. The molecule has 2 rings (SSSR count). The molecule has 0 aliphatic carbocycles. The largest absolute Gasteiger partial charge is 0.433 e. The lowest BCUT2D eigenvalue weighted by Crippen LogP contribution is -2.14. The zero-order valence-corrected chi connectivity index (χ0v) is 12.3. The number of nitrogens with zero attached hydrogens (tertiary/aromatic N) is 1. The first-order chi connectivity index (χ1) is 9.25. The van der Waals surface area contributed by atoms with Crippen LogP contribution in [0.1, 0.15) is 18.2 Å². The summed E-state index contributed by atoms with van der Waals surface area (Å²) in [6.07, 6.45) is -4.62. The summed E-state index contributed by atoms with van der Waals surface area (Å²) in [5.41, 5.74) is -1.14. The molecule has 0 saturated carbocycles. The number of halogens is 5. The molecular weight excluding hydrogens is 340 g/mol. The van der Waals surface area contributed by atoms with Crippen molar-refractivity contribution in [1.29, 1.82) is 0 Å². The minimum atomic E-state index is -4.62. The van der Waals surface area contributed by atoms with Gasteiger partial charge in [-0.2, -0.15) is 13.2 Å². The van der Waals surface area contributed by atoms with Gasteiger partial charge >= 0.3 is 6.18 Å². The molecular formula is C13H11BrF4N2. The minimum Gasteiger partial charge on any atom is -0.385 e. The number of hydrogen-bond donors (Lipinski definition) is 1. The normalized spacial score (nSPS) is 11.9. The number of hydrogen-bond acceptors (Lipinski definition) is 2. The molecule has 0 bridgehead atoms. The second-order valence-electron chi connectivity index (χ2n) is 4.27. The first kappa shape index (κ1) is 15.0. The lowest BCUT2D eigenvalue weighted by Gasteiger charge is -2.17. The summed E-state index contributed by atoms with van der Waals surface area (Å²) in [6.45, 7) is 3.50. The van der Waals surface area contributed by atoms with E-state index >= 15 is 0 Å². The van der Waals surface area contributed by atoms with E-state index in [4.69, 9.17) is 0 Å². The number of alkyl halides is 3. The summed E-state index contributed by atoms with van der Waals surface area (Å²) in [6, 6.07) is 2.65. The fourth-order valence-corrected chi connectivity index (χ4v) is 2.50. The smallest absolute Gasteiger partial charge is 0.385 e. The third kappa shape index (κ3) is 2.59. The van der Waals surface area contributed by atoms with Gasteiger partial charge in [-0.05, 0) is 26.0 Å². The number of nitrogens with one attached hydrogen (secondary N) is 1. The SMILES string of the molecule is CCNc1c(C)c(C(F)(F)F)nc2c(F)cc(Br)cc12. The maximum atomic E-state index is 13.9. The topological polar surface area (TPSA) is 24.9 Å². The van der Waals surface area contributed by atoms with Crippen LogP contribution in [0.2, 0.25) is 0 Å². The summed E-state index contributed by atoms with van der Waals surface area (Å²) in [5, 5.41) is 3.18. The molecule has 0 atom stereocenters. The number of aromatic nitrogens is 1. The molecule has 2 nitrogen and oxygen atoms in total. The van der Waals surface area contributed by atoms with E-state index in [2.05, 4.69) is 26.2 Å². The second-order valence-corrected chi connectivity index (χ2v) is 5.19. The molecule has 2 aromatic rings. The van der Waals surface area contributed by atoms with E-state index in [9.17, 15) is 17.6 Å². The van der Waals surface area contributed by atoms with E-state index in [1.165, 1.54) is 6.92 Å². The van der Waals surface area contributed by atoms with Gasteiger partial charge in [-0.1, -0.05) is 15.9 Å². The van der Waals surface area contributed by atoms with E-state index in [1.54, 1.807) is 13.0 Å². The van der Waals surface area contributed by atoms with Crippen molar-refractivity contribution in [3.8, 4) is 0 Å². The number of pyridine rings is 1. The van der Waals surface area contributed by atoms with Crippen LogP contribution < -0.4 is 5.32 Å². The Balaban J connectivity index is 2.91. The Morgan fingerprint density at radius 3 is 2.50 bits per heavy atom. The molecule has 0 amide bonds. The summed E-state index contributed by atoms with van der Waals surface area (Å²) < 4.78 is 53.3. The highest BCUT2D eigenvalue weighted by Gasteiger charge is 2.36. The van der Waals surface area contributed by atoms with Crippen molar-refractivity contribution < 1.29 is 17.6 Å². The van der Waals surface area contributed by atoms with Gasteiger partial charge in [0.15, 0.2) is 5.82 Å². The highest BCUT2D eigenvalue weighted by atomic mass is 79.9. The molecule has 0 aliphatic rings. The zero-order chi connectivity index (χ0) is 15.1. The van der Waals surface area contributed by atoms with Crippen molar-refractivity contribution >= 4 is 32.5 Å². The van der Waals surface area contributed by atoms with Gasteiger partial charge in [0, 0.05) is 27.7 Å². The number of fused-ring (bicyclic) bond motifs is 1. The van der Waals surface area contributed by atoms with Gasteiger partial charge in [0.05, 0.1) is 0 Å². The van der Waals surface area contributed by atoms with Crippen molar-refractivity contribution in [3.05, 3.63) is 33.7 Å². The van der Waals surface area contributed by atoms with Crippen molar-refractivity contribution in [1.82, 2.24) is 4.98 Å². The van der Waals surface area contributed by atoms with E-state index in [0.717, 1.165) is 6.07 Å². The molecule has 1 aromatic carbocycles. The third-order valence-electron chi connectivity index (χ3n) is 2.87. The highest BCUT2D eigenvalue weighted by Crippen LogP contribution is 2.38. The predicted octanol–water partition coefficient (Wildman–Crippen LogP) is 4.90. The standard InChI is InChI=1S/C13H11BrF4N2/c1-3-19-10-6(2)12(13(16,17)18)20-11-8(10)4-7(14)5-9(11)15/h4-5H,3H2,1-2H3,(H,19,20). The number of rotatable bonds is 2. The Kier molecular flexibility index (Phi) is 3.90. The lowest BCUT2D eigenvalue weighted by atomic mass is 10.1. The average Bonchev–Trinajstić information content (AvgIpc) is 2.31. The molecule has 20 heavy (non-hydrogen) atoms. The van der Waals surface area contributed by atoms with Gasteiger partial charge in [-0.3, -0.25) is 0 Å². The van der Waals surface area contributed by atoms with Crippen LogP contribution in [0.5, 0.6) is 0 Å². The van der Waals surface area contributed by atoms with Crippen LogP contribution in [-0.2, 0) is 6.18 Å². The molecule has 108 valence electrons. The quantitative estimate of drug-likeness (QED) is 0.779. The first-order valence-corrected chi connectivity index (χ1v) is 6.65. The monoisotopic (exact) mass is 350 g/mol. The fraction of sp³-hybridized carbons (Fsp3) is 0.308. The van der Waals surface area contributed by atoms with E-state index in [-0.39, 0.29) is 16.8 Å². The van der Waals surface area contributed by atoms with Crippen LogP contribution >= 0.6 is 15.9 Å². The van der Waals surface area contributed by atoms with Gasteiger partial charge in [-0.15, -0.1) is 0 Å². The summed E-state index contributed by atoms with van der Waals surface area (Å²) in [4.78, 5) is 3.47. The van der Waals surface area contributed by atoms with Gasteiger partial charge in [-0.25, -0.2) is 9.37 Å². The molecule has 1 N–H and O–H groups in total. The highest BCUT2D eigenvalue weighted by molar-refractivity contribution is 9.10. The third-order valence-corrected chi connectivity index (χ3v) is 3.33. The Labute approximate surface area is 121 Å². The predicted molar refractivity (Wildman–Crippen MR) is 73.3 cm³/mol. The Morgan fingerprint density at radius 1 is 1.30 bits per heavy atom. The lowest BCUT2D eigenvalue weighted by molar-refractivity contribution is -0.141. The molecule has 0 fully saturated rings. The molecule has 0 unspecified atom stereocenters. The maximum absolute atomic E-state index is 13.9. The maximum Gasteiger partial charge on any atom is 0.433 e. The van der Waals surface area contributed by atoms with E-state index in [1.807, 2.05) is 0 Å². The molecule has 7 heteroatoms. The fourth-order valence-electron chi connectivity index (χ4n) is 2.07. The molecule has 0 spiro atoms. The van der Waals surface area contributed by atoms with Crippen molar-refractivity contribution in [3.63, 3.8) is 0 Å². The number of benzene rings is 1. The van der Waals surface area contributed by atoms with Crippen molar-refractivity contribution in [2.45, 2.75) is 20.0 Å². The van der Waals surface area contributed by atoms with E-state index < -0.39 is 17.7 Å².